The second-order valence-corrected chi connectivity index (χ2v) is 5.88. The highest BCUT2D eigenvalue weighted by Crippen LogP contribution is 2.25. The highest BCUT2D eigenvalue weighted by molar-refractivity contribution is 5.96. The van der Waals surface area contributed by atoms with Gasteiger partial charge in [-0.15, -0.1) is 0 Å². The fourth-order valence-corrected chi connectivity index (χ4v) is 2.89. The lowest BCUT2D eigenvalue weighted by Crippen LogP contribution is -2.31. The molecule has 23 heavy (non-hydrogen) atoms. The van der Waals surface area contributed by atoms with Crippen molar-refractivity contribution in [1.29, 1.82) is 5.26 Å². The summed E-state index contributed by atoms with van der Waals surface area (Å²) in [6, 6.07) is 14.9. The molecule has 2 aromatic carbocycles. The van der Waals surface area contributed by atoms with Crippen molar-refractivity contribution in [2.75, 3.05) is 10.6 Å². The fraction of sp³-hybridized carbons (Fsp3) is 0.263. The van der Waals surface area contributed by atoms with Crippen molar-refractivity contribution in [3.05, 3.63) is 59.2 Å². The summed E-state index contributed by atoms with van der Waals surface area (Å²) in [5, 5.41) is 15.0. The predicted molar refractivity (Wildman–Crippen MR) is 91.3 cm³/mol. The molecule has 1 aliphatic rings. The van der Waals surface area contributed by atoms with Crippen molar-refractivity contribution in [3.63, 3.8) is 0 Å². The maximum atomic E-state index is 12.3. The van der Waals surface area contributed by atoms with E-state index in [2.05, 4.69) is 28.8 Å². The number of hydrogen-bond acceptors (Lipinski definition) is 3. The van der Waals surface area contributed by atoms with Gasteiger partial charge in [0.05, 0.1) is 11.6 Å². The summed E-state index contributed by atoms with van der Waals surface area (Å²) in [6.07, 6.45) is 3.48. The van der Waals surface area contributed by atoms with E-state index in [-0.39, 0.29) is 11.9 Å². The third kappa shape index (κ3) is 3.51. The van der Waals surface area contributed by atoms with Crippen molar-refractivity contribution in [2.45, 2.75) is 32.2 Å². The topological polar surface area (TPSA) is 64.9 Å². The van der Waals surface area contributed by atoms with Crippen LogP contribution in [0.2, 0.25) is 0 Å². The number of rotatable bonds is 4. The first-order valence-corrected chi connectivity index (χ1v) is 7.85. The number of benzene rings is 2. The van der Waals surface area contributed by atoms with Crippen molar-refractivity contribution in [3.8, 4) is 6.07 Å². The maximum absolute atomic E-state index is 12.3. The molecular weight excluding hydrogens is 286 g/mol. The molecule has 4 nitrogen and oxygen atoms in total. The van der Waals surface area contributed by atoms with Crippen LogP contribution in [0.4, 0.5) is 11.4 Å². The minimum absolute atomic E-state index is 0.124. The fourth-order valence-electron chi connectivity index (χ4n) is 2.89. The molecule has 1 aliphatic carbocycles. The van der Waals surface area contributed by atoms with Gasteiger partial charge in [0.2, 0.25) is 5.91 Å². The van der Waals surface area contributed by atoms with Crippen molar-refractivity contribution >= 4 is 17.3 Å². The van der Waals surface area contributed by atoms with Gasteiger partial charge in [0.25, 0.3) is 0 Å². The Morgan fingerprint density at radius 1 is 1.13 bits per heavy atom. The van der Waals surface area contributed by atoms with Crippen LogP contribution in [0.5, 0.6) is 0 Å². The van der Waals surface area contributed by atoms with Gasteiger partial charge >= 0.3 is 0 Å². The van der Waals surface area contributed by atoms with Crippen LogP contribution in [-0.2, 0) is 17.6 Å². The monoisotopic (exact) mass is 305 g/mol. The third-order valence-electron chi connectivity index (χ3n) is 4.13. The summed E-state index contributed by atoms with van der Waals surface area (Å²) in [7, 11) is 0. The first-order valence-electron chi connectivity index (χ1n) is 7.85. The van der Waals surface area contributed by atoms with Crippen LogP contribution < -0.4 is 10.6 Å². The van der Waals surface area contributed by atoms with Crippen LogP contribution in [-0.4, -0.2) is 11.9 Å². The second-order valence-electron chi connectivity index (χ2n) is 5.88. The Bertz CT molecular complexity index is 776. The quantitative estimate of drug-likeness (QED) is 0.909. The number of fused-ring (bicyclic) bond motifs is 1. The largest absolute Gasteiger partial charge is 0.374 e. The Hall–Kier alpha value is -2.80. The van der Waals surface area contributed by atoms with E-state index in [4.69, 9.17) is 5.26 Å². The van der Waals surface area contributed by atoms with Crippen molar-refractivity contribution in [2.24, 2.45) is 0 Å². The molecule has 0 spiro atoms. The molecular formula is C19H19N3O. The van der Waals surface area contributed by atoms with Gasteiger partial charge in [-0.25, -0.2) is 0 Å². The highest BCUT2D eigenvalue weighted by atomic mass is 16.2. The number of aryl methyl sites for hydroxylation is 2. The van der Waals surface area contributed by atoms with Crippen LogP contribution in [0.15, 0.2) is 42.5 Å². The highest BCUT2D eigenvalue weighted by Gasteiger charge is 2.15. The van der Waals surface area contributed by atoms with Crippen LogP contribution in [0.25, 0.3) is 0 Å². The maximum Gasteiger partial charge on any atom is 0.246 e. The Balaban J connectivity index is 1.64. The Kier molecular flexibility index (Phi) is 4.29. The molecule has 4 heteroatoms. The van der Waals surface area contributed by atoms with Gasteiger partial charge in [-0.3, -0.25) is 4.79 Å². The second kappa shape index (κ2) is 6.53. The van der Waals surface area contributed by atoms with Crippen LogP contribution in [0, 0.1) is 11.3 Å². The molecule has 0 saturated heterocycles. The van der Waals surface area contributed by atoms with Gasteiger partial charge in [0.1, 0.15) is 6.04 Å². The predicted octanol–water partition coefficient (Wildman–Crippen LogP) is 3.49. The summed E-state index contributed by atoms with van der Waals surface area (Å²) >= 11 is 0. The average molecular weight is 305 g/mol. The summed E-state index contributed by atoms with van der Waals surface area (Å²) in [5.41, 5.74) is 4.93. The average Bonchev–Trinajstić information content (AvgIpc) is 3.02. The molecule has 3 rings (SSSR count). The van der Waals surface area contributed by atoms with Gasteiger partial charge in [0.15, 0.2) is 0 Å². The van der Waals surface area contributed by atoms with Gasteiger partial charge in [-0.1, -0.05) is 12.1 Å². The van der Waals surface area contributed by atoms with E-state index in [9.17, 15) is 4.79 Å². The van der Waals surface area contributed by atoms with E-state index < -0.39 is 0 Å². The number of amides is 1. The number of nitriles is 1. The first kappa shape index (κ1) is 15.1. The van der Waals surface area contributed by atoms with E-state index in [1.807, 2.05) is 13.0 Å². The first-order chi connectivity index (χ1) is 11.2. The van der Waals surface area contributed by atoms with Crippen LogP contribution >= 0.6 is 0 Å². The molecule has 0 radical (unpaired) electrons. The number of carbonyl (C=O) groups is 1. The van der Waals surface area contributed by atoms with Gasteiger partial charge in [-0.2, -0.15) is 5.26 Å². The smallest absolute Gasteiger partial charge is 0.246 e. The molecule has 0 saturated carbocycles. The molecule has 1 atom stereocenters. The lowest BCUT2D eigenvalue weighted by molar-refractivity contribution is -0.116. The molecule has 0 unspecified atom stereocenters. The molecule has 0 heterocycles. The van der Waals surface area contributed by atoms with Gasteiger partial charge in [-0.05, 0) is 67.6 Å². The third-order valence-corrected chi connectivity index (χ3v) is 4.13. The zero-order chi connectivity index (χ0) is 16.2. The zero-order valence-electron chi connectivity index (χ0n) is 13.1. The van der Waals surface area contributed by atoms with E-state index in [0.717, 1.165) is 18.5 Å². The number of carbonyl (C=O) groups excluding carboxylic acids is 1. The van der Waals surface area contributed by atoms with Gasteiger partial charge < -0.3 is 10.6 Å². The van der Waals surface area contributed by atoms with Crippen LogP contribution in [0.3, 0.4) is 0 Å². The molecule has 2 N–H and O–H groups in total. The van der Waals surface area contributed by atoms with Crippen LogP contribution in [0.1, 0.15) is 30.0 Å². The minimum atomic E-state index is -0.361. The SMILES string of the molecule is C[C@@H](Nc1ccc2c(c1)CCC2)C(=O)Nc1cccc(C#N)c1. The zero-order valence-corrected chi connectivity index (χ0v) is 13.1. The molecule has 1 amide bonds. The van der Waals surface area contributed by atoms with E-state index >= 15 is 0 Å². The molecule has 0 aromatic heterocycles. The van der Waals surface area contributed by atoms with E-state index in [0.29, 0.717) is 11.3 Å². The Labute approximate surface area is 136 Å². The molecule has 0 fully saturated rings. The standard InChI is InChI=1S/C19H19N3O/c1-13(19(23)22-17-7-2-4-14(10-17)12-20)21-18-9-8-15-5-3-6-16(15)11-18/h2,4,7-11,13,21H,3,5-6H2,1H3,(H,22,23)/t13-/m1/s1. The molecule has 0 aliphatic heterocycles. The number of anilines is 2. The van der Waals surface area contributed by atoms with E-state index in [1.54, 1.807) is 24.3 Å². The van der Waals surface area contributed by atoms with Gasteiger partial charge in [0, 0.05) is 11.4 Å². The summed E-state index contributed by atoms with van der Waals surface area (Å²) in [4.78, 5) is 12.3. The molecule has 2 aromatic rings. The normalized spacial score (nSPS) is 13.7. The molecule has 0 bridgehead atoms. The lowest BCUT2D eigenvalue weighted by Gasteiger charge is -2.16. The number of nitrogens with one attached hydrogen (secondary N) is 2. The minimum Gasteiger partial charge on any atom is -0.374 e. The Morgan fingerprint density at radius 3 is 2.78 bits per heavy atom. The summed E-state index contributed by atoms with van der Waals surface area (Å²) < 4.78 is 0. The lowest BCUT2D eigenvalue weighted by atomic mass is 10.1. The van der Waals surface area contributed by atoms with E-state index in [1.165, 1.54) is 17.5 Å². The number of nitrogens with zero attached hydrogens (tertiary/aromatic N) is 1. The number of hydrogen-bond donors (Lipinski definition) is 2. The summed E-state index contributed by atoms with van der Waals surface area (Å²) in [5.74, 6) is -0.124. The van der Waals surface area contributed by atoms with Crippen molar-refractivity contribution in [1.82, 2.24) is 0 Å². The summed E-state index contributed by atoms with van der Waals surface area (Å²) in [6.45, 7) is 1.83. The van der Waals surface area contributed by atoms with Crippen molar-refractivity contribution < 1.29 is 4.79 Å². The molecule has 116 valence electrons. The Morgan fingerprint density at radius 2 is 1.96 bits per heavy atom.